The Labute approximate surface area is 77.7 Å². The maximum absolute atomic E-state index is 5.50. The SMILES string of the molecule is CCNCc1nnc(C2CC2C)o1. The molecule has 1 saturated carbocycles. The molecule has 1 fully saturated rings. The maximum atomic E-state index is 5.50. The lowest BCUT2D eigenvalue weighted by Crippen LogP contribution is -2.11. The van der Waals surface area contributed by atoms with Crippen LogP contribution in [0.5, 0.6) is 0 Å². The molecule has 4 heteroatoms. The smallest absolute Gasteiger partial charge is 0.230 e. The monoisotopic (exact) mass is 181 g/mol. The first kappa shape index (κ1) is 8.69. The molecule has 0 saturated heterocycles. The molecule has 0 radical (unpaired) electrons. The lowest BCUT2D eigenvalue weighted by molar-refractivity contribution is 0.432. The Hall–Kier alpha value is -0.900. The fourth-order valence-electron chi connectivity index (χ4n) is 1.39. The van der Waals surface area contributed by atoms with Gasteiger partial charge in [0.15, 0.2) is 0 Å². The molecule has 0 spiro atoms. The highest BCUT2D eigenvalue weighted by atomic mass is 16.4. The first-order valence-corrected chi connectivity index (χ1v) is 4.84. The Morgan fingerprint density at radius 2 is 2.31 bits per heavy atom. The van der Waals surface area contributed by atoms with Crippen molar-refractivity contribution in [1.29, 1.82) is 0 Å². The molecule has 1 aromatic rings. The van der Waals surface area contributed by atoms with Gasteiger partial charge in [0.05, 0.1) is 6.54 Å². The van der Waals surface area contributed by atoms with Crippen LogP contribution in [0.25, 0.3) is 0 Å². The van der Waals surface area contributed by atoms with Crippen LogP contribution in [-0.2, 0) is 6.54 Å². The van der Waals surface area contributed by atoms with Crippen LogP contribution >= 0.6 is 0 Å². The minimum Gasteiger partial charge on any atom is -0.424 e. The summed E-state index contributed by atoms with van der Waals surface area (Å²) in [4.78, 5) is 0. The summed E-state index contributed by atoms with van der Waals surface area (Å²) in [5.74, 6) is 2.78. The molecule has 1 aliphatic rings. The van der Waals surface area contributed by atoms with Gasteiger partial charge < -0.3 is 9.73 Å². The summed E-state index contributed by atoms with van der Waals surface area (Å²) in [6, 6.07) is 0. The van der Waals surface area contributed by atoms with Crippen LogP contribution in [-0.4, -0.2) is 16.7 Å². The Morgan fingerprint density at radius 1 is 1.54 bits per heavy atom. The van der Waals surface area contributed by atoms with Gasteiger partial charge in [-0.3, -0.25) is 0 Å². The lowest BCUT2D eigenvalue weighted by Gasteiger charge is -1.93. The van der Waals surface area contributed by atoms with Crippen molar-refractivity contribution in [3.63, 3.8) is 0 Å². The highest BCUT2D eigenvalue weighted by Gasteiger charge is 2.38. The molecule has 0 aromatic carbocycles. The van der Waals surface area contributed by atoms with Crippen LogP contribution in [0, 0.1) is 5.92 Å². The van der Waals surface area contributed by atoms with Gasteiger partial charge in [0.25, 0.3) is 0 Å². The van der Waals surface area contributed by atoms with Gasteiger partial charge >= 0.3 is 0 Å². The van der Waals surface area contributed by atoms with E-state index in [1.54, 1.807) is 0 Å². The van der Waals surface area contributed by atoms with E-state index in [0.717, 1.165) is 18.4 Å². The fourth-order valence-corrected chi connectivity index (χ4v) is 1.39. The quantitative estimate of drug-likeness (QED) is 0.760. The summed E-state index contributed by atoms with van der Waals surface area (Å²) >= 11 is 0. The van der Waals surface area contributed by atoms with E-state index >= 15 is 0 Å². The minimum absolute atomic E-state index is 0.530. The van der Waals surface area contributed by atoms with E-state index < -0.39 is 0 Å². The average Bonchev–Trinajstić information content (AvgIpc) is 2.67. The van der Waals surface area contributed by atoms with Crippen molar-refractivity contribution in [1.82, 2.24) is 15.5 Å². The van der Waals surface area contributed by atoms with Crippen LogP contribution in [0.3, 0.4) is 0 Å². The molecule has 4 nitrogen and oxygen atoms in total. The normalized spacial score (nSPS) is 26.3. The predicted molar refractivity (Wildman–Crippen MR) is 48.2 cm³/mol. The second-order valence-corrected chi connectivity index (χ2v) is 3.63. The molecule has 2 rings (SSSR count). The van der Waals surface area contributed by atoms with Gasteiger partial charge in [-0.1, -0.05) is 13.8 Å². The van der Waals surface area contributed by atoms with E-state index in [2.05, 4.69) is 29.4 Å². The van der Waals surface area contributed by atoms with Crippen molar-refractivity contribution in [3.05, 3.63) is 11.8 Å². The Balaban J connectivity index is 1.94. The summed E-state index contributed by atoms with van der Waals surface area (Å²) in [5, 5.41) is 11.1. The Bertz CT molecular complexity index is 284. The molecular weight excluding hydrogens is 166 g/mol. The zero-order valence-electron chi connectivity index (χ0n) is 8.08. The summed E-state index contributed by atoms with van der Waals surface area (Å²) in [7, 11) is 0. The average molecular weight is 181 g/mol. The summed E-state index contributed by atoms with van der Waals surface area (Å²) < 4.78 is 5.50. The molecule has 2 unspecified atom stereocenters. The van der Waals surface area contributed by atoms with E-state index in [4.69, 9.17) is 4.42 Å². The summed E-state index contributed by atoms with van der Waals surface area (Å²) in [6.07, 6.45) is 1.20. The van der Waals surface area contributed by atoms with E-state index in [1.165, 1.54) is 6.42 Å². The van der Waals surface area contributed by atoms with E-state index in [-0.39, 0.29) is 0 Å². The van der Waals surface area contributed by atoms with Crippen molar-refractivity contribution >= 4 is 0 Å². The molecule has 72 valence electrons. The molecule has 1 aliphatic carbocycles. The van der Waals surface area contributed by atoms with Crippen molar-refractivity contribution in [2.45, 2.75) is 32.7 Å². The highest BCUT2D eigenvalue weighted by Crippen LogP contribution is 2.46. The van der Waals surface area contributed by atoms with Crippen LogP contribution in [0.4, 0.5) is 0 Å². The van der Waals surface area contributed by atoms with Gasteiger partial charge in [0.2, 0.25) is 11.8 Å². The molecule has 1 aromatic heterocycles. The third kappa shape index (κ3) is 1.88. The zero-order valence-corrected chi connectivity index (χ0v) is 8.08. The standard InChI is InChI=1S/C9H15N3O/c1-3-10-5-8-11-12-9(13-8)7-4-6(7)2/h6-7,10H,3-5H2,1-2H3. The highest BCUT2D eigenvalue weighted by molar-refractivity contribution is 5.04. The number of rotatable bonds is 4. The number of nitrogens with one attached hydrogen (secondary N) is 1. The zero-order chi connectivity index (χ0) is 9.26. The topological polar surface area (TPSA) is 51.0 Å². The van der Waals surface area contributed by atoms with Crippen molar-refractivity contribution in [2.24, 2.45) is 5.92 Å². The third-order valence-electron chi connectivity index (χ3n) is 2.44. The Morgan fingerprint density at radius 3 is 2.92 bits per heavy atom. The molecule has 2 atom stereocenters. The van der Waals surface area contributed by atoms with E-state index in [1.807, 2.05) is 0 Å². The summed E-state index contributed by atoms with van der Waals surface area (Å²) in [6.45, 7) is 5.88. The summed E-state index contributed by atoms with van der Waals surface area (Å²) in [5.41, 5.74) is 0. The van der Waals surface area contributed by atoms with Gasteiger partial charge in [-0.05, 0) is 18.9 Å². The number of hydrogen-bond donors (Lipinski definition) is 1. The first-order valence-electron chi connectivity index (χ1n) is 4.84. The molecule has 13 heavy (non-hydrogen) atoms. The molecule has 0 amide bonds. The van der Waals surface area contributed by atoms with Crippen LogP contribution in [0.15, 0.2) is 4.42 Å². The van der Waals surface area contributed by atoms with Crippen molar-refractivity contribution < 1.29 is 4.42 Å². The molecule has 1 heterocycles. The van der Waals surface area contributed by atoms with Crippen LogP contribution in [0.2, 0.25) is 0 Å². The lowest BCUT2D eigenvalue weighted by atomic mass is 10.3. The van der Waals surface area contributed by atoms with Crippen molar-refractivity contribution in [3.8, 4) is 0 Å². The van der Waals surface area contributed by atoms with Crippen molar-refractivity contribution in [2.75, 3.05) is 6.54 Å². The first-order chi connectivity index (χ1) is 6.31. The third-order valence-corrected chi connectivity index (χ3v) is 2.44. The largest absolute Gasteiger partial charge is 0.424 e. The maximum Gasteiger partial charge on any atom is 0.230 e. The second-order valence-electron chi connectivity index (χ2n) is 3.63. The number of aromatic nitrogens is 2. The predicted octanol–water partition coefficient (Wildman–Crippen LogP) is 1.30. The minimum atomic E-state index is 0.530. The molecule has 1 N–H and O–H groups in total. The molecule has 0 aliphatic heterocycles. The fraction of sp³-hybridized carbons (Fsp3) is 0.778. The molecule has 0 bridgehead atoms. The van der Waals surface area contributed by atoms with Gasteiger partial charge in [0, 0.05) is 5.92 Å². The van der Waals surface area contributed by atoms with E-state index in [9.17, 15) is 0 Å². The number of hydrogen-bond acceptors (Lipinski definition) is 4. The number of nitrogens with zero attached hydrogens (tertiary/aromatic N) is 2. The molecular formula is C9H15N3O. The second kappa shape index (κ2) is 3.46. The van der Waals surface area contributed by atoms with Crippen LogP contribution < -0.4 is 5.32 Å². The van der Waals surface area contributed by atoms with E-state index in [0.29, 0.717) is 18.4 Å². The Kier molecular flexibility index (Phi) is 2.31. The van der Waals surface area contributed by atoms with Gasteiger partial charge in [-0.15, -0.1) is 10.2 Å². The van der Waals surface area contributed by atoms with Crippen LogP contribution in [0.1, 0.15) is 38.0 Å². The van der Waals surface area contributed by atoms with Gasteiger partial charge in [-0.25, -0.2) is 0 Å². The van der Waals surface area contributed by atoms with Gasteiger partial charge in [-0.2, -0.15) is 0 Å². The van der Waals surface area contributed by atoms with Gasteiger partial charge in [0.1, 0.15) is 0 Å².